The summed E-state index contributed by atoms with van der Waals surface area (Å²) in [6, 6.07) is 36.0. The van der Waals surface area contributed by atoms with Gasteiger partial charge in [-0.1, -0.05) is 31.1 Å². The standard InChI is InChI=1S/C38H30N10.Ir/c1-41-36-26-45(30-12-6-3-7-13-30)28-48(36)37-33-14-8-9-15-35(33)47-25-32(23-40)46-21-19-42(17-16-34(37)38(46)47)18-20-43-27-44(24-31(43)22-39)29-10-4-2-5-11-29;/h2-10,12,14-15,24-28,38H,16-21H2;/q-6;. The van der Waals surface area contributed by atoms with Crippen LogP contribution in [0.1, 0.15) is 12.0 Å². The average Bonchev–Trinajstić information content (AvgIpc) is 3.86. The fraction of sp³-hybridized carbons (Fsp3) is 0.184. The average molecular weight is 819 g/mol. The van der Waals surface area contributed by atoms with Crippen LogP contribution in [0.2, 0.25) is 0 Å². The quantitative estimate of drug-likeness (QED) is 0.311. The Morgan fingerprint density at radius 3 is 2.24 bits per heavy atom. The van der Waals surface area contributed by atoms with Gasteiger partial charge < -0.3 is 39.1 Å². The second-order valence-corrected chi connectivity index (χ2v) is 11.9. The van der Waals surface area contributed by atoms with Gasteiger partial charge in [0.25, 0.3) is 0 Å². The van der Waals surface area contributed by atoms with Crippen LogP contribution in [0.5, 0.6) is 0 Å². The normalized spacial score (nSPS) is 20.2. The van der Waals surface area contributed by atoms with E-state index in [1.165, 1.54) is 0 Å². The Kier molecular flexibility index (Phi) is 8.95. The monoisotopic (exact) mass is 819 g/mol. The third kappa shape index (κ3) is 5.75. The molecule has 1 fully saturated rings. The zero-order chi connectivity index (χ0) is 32.6. The molecule has 5 aliphatic heterocycles. The fourth-order valence-electron chi connectivity index (χ4n) is 7.02. The molecule has 0 aliphatic carbocycles. The number of hydrogen-bond acceptors (Lipinski definition) is 9. The molecule has 1 radical (unpaired) electrons. The molecule has 1 saturated heterocycles. The maximum absolute atomic E-state index is 10.3. The first-order valence-corrected chi connectivity index (χ1v) is 15.9. The van der Waals surface area contributed by atoms with Gasteiger partial charge in [-0.3, -0.25) is 5.92 Å². The molecule has 0 saturated carbocycles. The summed E-state index contributed by atoms with van der Waals surface area (Å²) in [6.45, 7) is 15.6. The Balaban J connectivity index is 0.00000378. The van der Waals surface area contributed by atoms with Crippen LogP contribution in [0.3, 0.4) is 0 Å². The summed E-state index contributed by atoms with van der Waals surface area (Å²) in [4.78, 5) is 18.7. The Hall–Kier alpha value is -5.37. The van der Waals surface area contributed by atoms with E-state index in [1.54, 1.807) is 0 Å². The first-order valence-electron chi connectivity index (χ1n) is 15.9. The number of nitriles is 2. The van der Waals surface area contributed by atoms with Gasteiger partial charge in [0.15, 0.2) is 0 Å². The van der Waals surface area contributed by atoms with E-state index in [4.69, 9.17) is 6.57 Å². The van der Waals surface area contributed by atoms with Crippen molar-refractivity contribution in [1.29, 1.82) is 10.5 Å². The Morgan fingerprint density at radius 1 is 0.837 bits per heavy atom. The van der Waals surface area contributed by atoms with Crippen molar-refractivity contribution in [3.63, 3.8) is 0 Å². The summed E-state index contributed by atoms with van der Waals surface area (Å²) in [7, 11) is 0. The van der Waals surface area contributed by atoms with Crippen molar-refractivity contribution < 1.29 is 20.1 Å². The van der Waals surface area contributed by atoms with E-state index in [2.05, 4.69) is 55.9 Å². The largest absolute Gasteiger partial charge is 0.508 e. The van der Waals surface area contributed by atoms with Gasteiger partial charge in [0, 0.05) is 58.7 Å². The summed E-state index contributed by atoms with van der Waals surface area (Å²) in [5, 5.41) is 20.2. The molecule has 1 unspecified atom stereocenters. The smallest absolute Gasteiger partial charge is 0.203 e. The van der Waals surface area contributed by atoms with E-state index in [0.29, 0.717) is 30.3 Å². The summed E-state index contributed by atoms with van der Waals surface area (Å²) < 4.78 is 0. The Bertz CT molecular complexity index is 1910. The molecule has 8 rings (SSSR count). The molecule has 11 heteroatoms. The zero-order valence-corrected chi connectivity index (χ0v) is 28.8. The van der Waals surface area contributed by atoms with Gasteiger partial charge in [-0.2, -0.15) is 102 Å². The van der Waals surface area contributed by atoms with Crippen LogP contribution >= 0.6 is 0 Å². The summed E-state index contributed by atoms with van der Waals surface area (Å²) in [5.74, 6) is 1.65. The minimum absolute atomic E-state index is 0. The number of hydrogen-bond donors (Lipinski definition) is 0. The molecular formula is C38H30IrN10-6. The van der Waals surface area contributed by atoms with Crippen LogP contribution in [-0.2, 0) is 20.1 Å². The van der Waals surface area contributed by atoms with E-state index in [0.717, 1.165) is 60.6 Å². The van der Waals surface area contributed by atoms with Crippen molar-refractivity contribution >= 4 is 17.1 Å². The third-order valence-corrected chi connectivity index (χ3v) is 9.30. The van der Waals surface area contributed by atoms with Crippen molar-refractivity contribution in [2.45, 2.75) is 12.6 Å². The minimum Gasteiger partial charge on any atom is -0.508 e. The van der Waals surface area contributed by atoms with Gasteiger partial charge in [0.1, 0.15) is 23.5 Å². The van der Waals surface area contributed by atoms with E-state index in [9.17, 15) is 10.5 Å². The van der Waals surface area contributed by atoms with Gasteiger partial charge >= 0.3 is 0 Å². The molecule has 0 spiro atoms. The van der Waals surface area contributed by atoms with Gasteiger partial charge in [0.2, 0.25) is 5.82 Å². The number of anilines is 3. The van der Waals surface area contributed by atoms with Crippen molar-refractivity contribution in [1.82, 2.24) is 19.6 Å². The molecule has 3 aromatic rings. The molecule has 5 heterocycles. The van der Waals surface area contributed by atoms with E-state index < -0.39 is 0 Å². The SMILES string of the molecule is [C-]#[N+]C1=CN(c2[c-]cccc2)[CH-]N1[C-]1c2ccccc2N2C=C(C#N)N3CCN(CCN4[CH-]N(c5[c-]cccc5)C=C4C#N)CC[C-]1C32.[Ir]. The van der Waals surface area contributed by atoms with Crippen LogP contribution in [0, 0.1) is 66.7 Å². The van der Waals surface area contributed by atoms with Crippen molar-refractivity contribution in [2.24, 2.45) is 0 Å². The number of allylic oxidation sites excluding steroid dienone is 2. The molecule has 0 aromatic heterocycles. The van der Waals surface area contributed by atoms with Crippen molar-refractivity contribution in [2.75, 3.05) is 47.4 Å². The van der Waals surface area contributed by atoms with Crippen molar-refractivity contribution in [3.05, 3.63) is 163 Å². The Morgan fingerprint density at radius 2 is 1.55 bits per heavy atom. The minimum atomic E-state index is -0.167. The maximum Gasteiger partial charge on any atom is 0.203 e. The summed E-state index contributed by atoms with van der Waals surface area (Å²) in [5.41, 5.74) is 4.97. The van der Waals surface area contributed by atoms with Crippen LogP contribution in [0.15, 0.2) is 109 Å². The number of benzene rings is 3. The molecule has 49 heavy (non-hydrogen) atoms. The van der Waals surface area contributed by atoms with Gasteiger partial charge in [0.05, 0.1) is 0 Å². The molecular weight excluding hydrogens is 789 g/mol. The van der Waals surface area contributed by atoms with Crippen LogP contribution in [-0.4, -0.2) is 58.5 Å². The summed E-state index contributed by atoms with van der Waals surface area (Å²) in [6.07, 6.45) is 6.23. The first-order chi connectivity index (χ1) is 23.7. The van der Waals surface area contributed by atoms with Crippen molar-refractivity contribution in [3.8, 4) is 12.1 Å². The molecule has 0 N–H and O–H groups in total. The molecule has 247 valence electrons. The van der Waals surface area contributed by atoms with Gasteiger partial charge in [-0.15, -0.1) is 17.4 Å². The van der Waals surface area contributed by atoms with E-state index in [1.807, 2.05) is 112 Å². The number of para-hydroxylation sites is 3. The molecule has 5 aliphatic rings. The predicted octanol–water partition coefficient (Wildman–Crippen LogP) is 5.24. The van der Waals surface area contributed by atoms with E-state index in [-0.39, 0.29) is 26.3 Å². The topological polar surface area (TPSA) is 74.6 Å². The van der Waals surface area contributed by atoms with Gasteiger partial charge in [-0.25, -0.2) is 0 Å². The number of nitrogens with zero attached hydrogens (tertiary/aromatic N) is 10. The molecule has 0 bridgehead atoms. The predicted molar refractivity (Wildman–Crippen MR) is 181 cm³/mol. The molecule has 10 nitrogen and oxygen atoms in total. The summed E-state index contributed by atoms with van der Waals surface area (Å²) >= 11 is 0. The maximum atomic E-state index is 10.3. The second kappa shape index (κ2) is 13.6. The van der Waals surface area contributed by atoms with Crippen LogP contribution in [0.25, 0.3) is 4.85 Å². The molecule has 0 amide bonds. The number of rotatable bonds is 6. The second-order valence-electron chi connectivity index (χ2n) is 11.9. The zero-order valence-electron chi connectivity index (χ0n) is 26.4. The van der Waals surface area contributed by atoms with Crippen LogP contribution < -0.4 is 14.7 Å². The fourth-order valence-corrected chi connectivity index (χ4v) is 7.02. The molecule has 1 atom stereocenters. The van der Waals surface area contributed by atoms with E-state index >= 15 is 0 Å². The molecule has 3 aromatic carbocycles. The Labute approximate surface area is 301 Å². The number of fused-ring (bicyclic) bond motifs is 2. The third-order valence-electron chi connectivity index (χ3n) is 9.30. The van der Waals surface area contributed by atoms with Gasteiger partial charge in [-0.05, 0) is 18.9 Å². The van der Waals surface area contributed by atoms with Crippen LogP contribution in [0.4, 0.5) is 17.1 Å². The first kappa shape index (κ1) is 32.2.